The number of carboxylic acid groups (broad SMARTS) is 1. The van der Waals surface area contributed by atoms with Crippen LogP contribution in [0.2, 0.25) is 0 Å². The van der Waals surface area contributed by atoms with Crippen molar-refractivity contribution in [2.75, 3.05) is 45.7 Å². The summed E-state index contributed by atoms with van der Waals surface area (Å²) in [5, 5.41) is 21.1. The quantitative estimate of drug-likeness (QED) is 0.475. The first kappa shape index (κ1) is 22.8. The molecule has 1 saturated heterocycles. The topological polar surface area (TPSA) is 153 Å². The second kappa shape index (κ2) is 10.5. The second-order valence-corrected chi connectivity index (χ2v) is 8.00. The molecule has 1 unspecified atom stereocenters. The number of hydrogen-bond acceptors (Lipinski definition) is 10. The van der Waals surface area contributed by atoms with Gasteiger partial charge in [-0.2, -0.15) is 4.98 Å². The first-order chi connectivity index (χ1) is 15.0. The summed E-state index contributed by atoms with van der Waals surface area (Å²) in [5.41, 5.74) is 7.27. The molecular weight excluding hydrogens is 424 g/mol. The van der Waals surface area contributed by atoms with Gasteiger partial charge in [-0.25, -0.2) is 0 Å². The lowest BCUT2D eigenvalue weighted by Crippen LogP contribution is -2.31. The van der Waals surface area contributed by atoms with Crippen molar-refractivity contribution in [1.29, 1.82) is 0 Å². The van der Waals surface area contributed by atoms with Gasteiger partial charge in [0.25, 0.3) is 5.91 Å². The molecule has 2 aromatic rings. The minimum absolute atomic E-state index is 0.0346. The minimum Gasteiger partial charge on any atom is -0.480 e. The van der Waals surface area contributed by atoms with E-state index in [0.717, 1.165) is 12.0 Å². The number of hydrogen-bond donors (Lipinski definition) is 3. The van der Waals surface area contributed by atoms with Crippen LogP contribution in [0.15, 0.2) is 6.07 Å². The fourth-order valence-electron chi connectivity index (χ4n) is 3.28. The van der Waals surface area contributed by atoms with Gasteiger partial charge in [-0.3, -0.25) is 9.59 Å². The van der Waals surface area contributed by atoms with Gasteiger partial charge in [0.2, 0.25) is 5.88 Å². The first-order valence-corrected chi connectivity index (χ1v) is 10.7. The number of amides is 1. The monoisotopic (exact) mass is 450 g/mol. The predicted octanol–water partition coefficient (Wildman–Crippen LogP) is 0.857. The average Bonchev–Trinajstić information content (AvgIpc) is 3.42. The zero-order valence-corrected chi connectivity index (χ0v) is 18.3. The fourth-order valence-corrected chi connectivity index (χ4v) is 4.23. The lowest BCUT2D eigenvalue weighted by molar-refractivity contribution is -0.134. The molecule has 2 aromatic heterocycles. The largest absolute Gasteiger partial charge is 0.480 e. The summed E-state index contributed by atoms with van der Waals surface area (Å²) in [4.78, 5) is 29.9. The van der Waals surface area contributed by atoms with Crippen molar-refractivity contribution >= 4 is 28.2 Å². The standard InChI is InChI=1S/C19H26N6O5S/c1-29-12-5-7-25(10-12)19(28)13-8-11(4-3-6-20)15(24-23-13)17-22-16(30-2)18(31-17)21-9-14(26)27/h8,12,21H,3-7,9-10,20H2,1-2H3,(H,26,27). The Morgan fingerprint density at radius 2 is 2.19 bits per heavy atom. The molecule has 1 fully saturated rings. The number of nitrogens with one attached hydrogen (secondary N) is 1. The van der Waals surface area contributed by atoms with Gasteiger partial charge in [-0.15, -0.1) is 10.2 Å². The van der Waals surface area contributed by atoms with Crippen LogP contribution in [-0.4, -0.2) is 83.6 Å². The summed E-state index contributed by atoms with van der Waals surface area (Å²) >= 11 is 1.21. The van der Waals surface area contributed by atoms with Gasteiger partial charge in [0.1, 0.15) is 17.2 Å². The maximum Gasteiger partial charge on any atom is 0.322 e. The van der Waals surface area contributed by atoms with Crippen LogP contribution in [0.1, 0.15) is 28.9 Å². The van der Waals surface area contributed by atoms with Crippen molar-refractivity contribution in [3.8, 4) is 16.6 Å². The number of carbonyl (C=O) groups is 2. The molecule has 1 atom stereocenters. The Morgan fingerprint density at radius 1 is 1.39 bits per heavy atom. The van der Waals surface area contributed by atoms with Gasteiger partial charge in [-0.05, 0) is 37.4 Å². The molecule has 4 N–H and O–H groups in total. The summed E-state index contributed by atoms with van der Waals surface area (Å²) in [6, 6.07) is 1.73. The highest BCUT2D eigenvalue weighted by atomic mass is 32.1. The van der Waals surface area contributed by atoms with E-state index in [2.05, 4.69) is 20.5 Å². The number of likely N-dealkylation sites (tertiary alicyclic amines) is 1. The molecule has 11 nitrogen and oxygen atoms in total. The number of thiazole rings is 1. The molecule has 0 saturated carbocycles. The van der Waals surface area contributed by atoms with E-state index in [0.29, 0.717) is 48.2 Å². The SMILES string of the molecule is COc1nc(-c2nnc(C(=O)N3CCC(OC)C3)cc2CCCN)sc1NCC(=O)O. The van der Waals surface area contributed by atoms with E-state index in [1.807, 2.05) is 0 Å². The molecule has 31 heavy (non-hydrogen) atoms. The average molecular weight is 451 g/mol. The summed E-state index contributed by atoms with van der Waals surface area (Å²) in [7, 11) is 3.09. The van der Waals surface area contributed by atoms with Crippen LogP contribution in [-0.2, 0) is 16.0 Å². The Balaban J connectivity index is 1.90. The van der Waals surface area contributed by atoms with Crippen LogP contribution in [0.5, 0.6) is 5.88 Å². The minimum atomic E-state index is -0.999. The van der Waals surface area contributed by atoms with E-state index in [9.17, 15) is 9.59 Å². The number of carbonyl (C=O) groups excluding carboxylic acids is 1. The van der Waals surface area contributed by atoms with Gasteiger partial charge in [0.05, 0.1) is 13.2 Å². The highest BCUT2D eigenvalue weighted by molar-refractivity contribution is 7.19. The zero-order chi connectivity index (χ0) is 22.4. The highest BCUT2D eigenvalue weighted by Gasteiger charge is 2.28. The molecule has 0 bridgehead atoms. The highest BCUT2D eigenvalue weighted by Crippen LogP contribution is 2.37. The number of aromatic nitrogens is 3. The molecule has 168 valence electrons. The van der Waals surface area contributed by atoms with E-state index in [1.54, 1.807) is 18.1 Å². The maximum absolute atomic E-state index is 12.9. The number of methoxy groups -OCH3 is 2. The lowest BCUT2D eigenvalue weighted by Gasteiger charge is -2.16. The van der Waals surface area contributed by atoms with Crippen molar-refractivity contribution in [2.24, 2.45) is 5.73 Å². The normalized spacial score (nSPS) is 15.8. The first-order valence-electron chi connectivity index (χ1n) is 9.86. The van der Waals surface area contributed by atoms with E-state index in [4.69, 9.17) is 20.3 Å². The molecule has 0 radical (unpaired) electrons. The van der Waals surface area contributed by atoms with Gasteiger partial charge < -0.3 is 30.5 Å². The van der Waals surface area contributed by atoms with E-state index < -0.39 is 5.97 Å². The van der Waals surface area contributed by atoms with Crippen LogP contribution >= 0.6 is 11.3 Å². The third-order valence-corrected chi connectivity index (χ3v) is 5.90. The van der Waals surface area contributed by atoms with Crippen molar-refractivity contribution in [3.63, 3.8) is 0 Å². The van der Waals surface area contributed by atoms with Gasteiger partial charge in [0, 0.05) is 20.2 Å². The molecular formula is C19H26N6O5S. The third kappa shape index (κ3) is 5.46. The van der Waals surface area contributed by atoms with Crippen molar-refractivity contribution in [3.05, 3.63) is 17.3 Å². The second-order valence-electron chi connectivity index (χ2n) is 7.00. The molecule has 3 heterocycles. The predicted molar refractivity (Wildman–Crippen MR) is 115 cm³/mol. The summed E-state index contributed by atoms with van der Waals surface area (Å²) in [6.07, 6.45) is 2.13. The molecule has 12 heteroatoms. The lowest BCUT2D eigenvalue weighted by atomic mass is 10.1. The van der Waals surface area contributed by atoms with Gasteiger partial charge in [0.15, 0.2) is 10.7 Å². The number of rotatable bonds is 10. The Kier molecular flexibility index (Phi) is 7.71. The molecule has 1 amide bonds. The summed E-state index contributed by atoms with van der Waals surface area (Å²) < 4.78 is 10.6. The number of nitrogens with zero attached hydrogens (tertiary/aromatic N) is 4. The number of ether oxygens (including phenoxy) is 2. The molecule has 3 rings (SSSR count). The number of aliphatic carboxylic acids is 1. The van der Waals surface area contributed by atoms with E-state index in [-0.39, 0.29) is 30.1 Å². The van der Waals surface area contributed by atoms with Crippen molar-refractivity contribution in [2.45, 2.75) is 25.4 Å². The third-order valence-electron chi connectivity index (χ3n) is 4.90. The van der Waals surface area contributed by atoms with Crippen molar-refractivity contribution < 1.29 is 24.2 Å². The van der Waals surface area contributed by atoms with Crippen LogP contribution in [0.3, 0.4) is 0 Å². The van der Waals surface area contributed by atoms with Crippen LogP contribution in [0, 0.1) is 0 Å². The number of carboxylic acids is 1. The van der Waals surface area contributed by atoms with Crippen LogP contribution in [0.25, 0.3) is 10.7 Å². The molecule has 1 aliphatic heterocycles. The number of anilines is 1. The maximum atomic E-state index is 12.9. The van der Waals surface area contributed by atoms with Gasteiger partial charge in [-0.1, -0.05) is 11.3 Å². The zero-order valence-electron chi connectivity index (χ0n) is 17.5. The Hall–Kier alpha value is -2.83. The van der Waals surface area contributed by atoms with Crippen molar-refractivity contribution in [1.82, 2.24) is 20.1 Å². The smallest absolute Gasteiger partial charge is 0.322 e. The van der Waals surface area contributed by atoms with Crippen LogP contribution < -0.4 is 15.8 Å². The van der Waals surface area contributed by atoms with Gasteiger partial charge >= 0.3 is 5.97 Å². The number of nitrogens with two attached hydrogens (primary N) is 1. The molecule has 0 aliphatic carbocycles. The molecule has 0 spiro atoms. The molecule has 0 aromatic carbocycles. The van der Waals surface area contributed by atoms with E-state index >= 15 is 0 Å². The Bertz CT molecular complexity index is 937. The van der Waals surface area contributed by atoms with E-state index in [1.165, 1.54) is 18.4 Å². The summed E-state index contributed by atoms with van der Waals surface area (Å²) in [6.45, 7) is 1.36. The Morgan fingerprint density at radius 3 is 2.84 bits per heavy atom. The number of aryl methyl sites for hydroxylation is 1. The fraction of sp³-hybridized carbons (Fsp3) is 0.526. The van der Waals surface area contributed by atoms with Crippen LogP contribution in [0.4, 0.5) is 5.00 Å². The molecule has 1 aliphatic rings. The Labute approximate surface area is 183 Å². The summed E-state index contributed by atoms with van der Waals surface area (Å²) in [5.74, 6) is -0.912.